The SMILES string of the molecule is CCCCCCCCCCCCc1c(-c2ccccc2)cc2ccccc2c1N=Nc1ccc(S(=O)(=O)O)cc1.[NaH]. The second kappa shape index (κ2) is 16.9. The van der Waals surface area contributed by atoms with E-state index in [1.54, 1.807) is 12.1 Å². The Morgan fingerprint density at radius 1 is 0.683 bits per heavy atom. The van der Waals surface area contributed by atoms with Gasteiger partial charge >= 0.3 is 29.6 Å². The zero-order valence-electron chi connectivity index (χ0n) is 23.4. The molecule has 0 spiro atoms. The van der Waals surface area contributed by atoms with Crippen LogP contribution in [0.5, 0.6) is 0 Å². The Kier molecular flexibility index (Phi) is 13.7. The van der Waals surface area contributed by atoms with E-state index >= 15 is 0 Å². The molecule has 0 unspecified atom stereocenters. The summed E-state index contributed by atoms with van der Waals surface area (Å²) in [5, 5.41) is 11.4. The van der Waals surface area contributed by atoms with Crippen LogP contribution in [0.25, 0.3) is 21.9 Å². The summed E-state index contributed by atoms with van der Waals surface area (Å²) in [7, 11) is -4.26. The molecule has 212 valence electrons. The van der Waals surface area contributed by atoms with Crippen molar-refractivity contribution in [3.8, 4) is 11.1 Å². The van der Waals surface area contributed by atoms with Crippen LogP contribution in [0, 0.1) is 0 Å². The first-order chi connectivity index (χ1) is 19.5. The first kappa shape index (κ1) is 33.2. The minimum atomic E-state index is -4.26. The van der Waals surface area contributed by atoms with E-state index in [9.17, 15) is 13.0 Å². The molecule has 0 saturated carbocycles. The molecule has 0 heterocycles. The van der Waals surface area contributed by atoms with Crippen molar-refractivity contribution in [1.82, 2.24) is 0 Å². The molecule has 0 bridgehead atoms. The molecule has 0 atom stereocenters. The van der Waals surface area contributed by atoms with Gasteiger partial charge in [-0.05, 0) is 65.3 Å². The minimum absolute atomic E-state index is 0. The van der Waals surface area contributed by atoms with Crippen LogP contribution in [0.4, 0.5) is 11.4 Å². The van der Waals surface area contributed by atoms with E-state index in [0.717, 1.165) is 34.9 Å². The van der Waals surface area contributed by atoms with Gasteiger partial charge in [-0.15, -0.1) is 5.11 Å². The van der Waals surface area contributed by atoms with Crippen LogP contribution in [0.1, 0.15) is 76.7 Å². The normalized spacial score (nSPS) is 11.7. The van der Waals surface area contributed by atoms with Gasteiger partial charge in [0.2, 0.25) is 0 Å². The number of unbranched alkanes of at least 4 members (excludes halogenated alkanes) is 9. The molecule has 0 saturated heterocycles. The van der Waals surface area contributed by atoms with Crippen molar-refractivity contribution < 1.29 is 13.0 Å². The zero-order chi connectivity index (χ0) is 28.2. The molecule has 41 heavy (non-hydrogen) atoms. The third kappa shape index (κ3) is 9.86. The molecular weight excluding hydrogens is 539 g/mol. The molecule has 4 aromatic rings. The number of hydrogen-bond donors (Lipinski definition) is 1. The first-order valence-corrected chi connectivity index (χ1v) is 16.0. The molecule has 0 aliphatic rings. The molecule has 7 heteroatoms. The number of azo groups is 1. The summed E-state index contributed by atoms with van der Waals surface area (Å²) in [5.41, 5.74) is 4.89. The first-order valence-electron chi connectivity index (χ1n) is 14.6. The maximum atomic E-state index is 11.4. The molecule has 0 amide bonds. The predicted molar refractivity (Wildman–Crippen MR) is 173 cm³/mol. The van der Waals surface area contributed by atoms with E-state index in [1.165, 1.54) is 81.0 Å². The summed E-state index contributed by atoms with van der Waals surface area (Å²) in [5.74, 6) is 0. The van der Waals surface area contributed by atoms with E-state index in [2.05, 4.69) is 54.5 Å². The van der Waals surface area contributed by atoms with E-state index < -0.39 is 10.1 Å². The Balaban J connectivity index is 0.00000462. The fourth-order valence-corrected chi connectivity index (χ4v) is 5.68. The van der Waals surface area contributed by atoms with Gasteiger partial charge in [-0.1, -0.05) is 119 Å². The Labute approximate surface area is 267 Å². The van der Waals surface area contributed by atoms with Gasteiger partial charge in [-0.2, -0.15) is 13.5 Å². The average Bonchev–Trinajstić information content (AvgIpc) is 2.97. The summed E-state index contributed by atoms with van der Waals surface area (Å²) in [6, 6.07) is 26.7. The average molecular weight is 581 g/mol. The van der Waals surface area contributed by atoms with Crippen molar-refractivity contribution in [2.45, 2.75) is 82.4 Å². The second-order valence-corrected chi connectivity index (χ2v) is 11.9. The van der Waals surface area contributed by atoms with Crippen molar-refractivity contribution >= 4 is 61.8 Å². The number of benzene rings is 4. The van der Waals surface area contributed by atoms with Gasteiger partial charge < -0.3 is 0 Å². The van der Waals surface area contributed by atoms with Crippen LogP contribution in [-0.2, 0) is 16.5 Å². The van der Waals surface area contributed by atoms with Gasteiger partial charge in [-0.25, -0.2) is 0 Å². The van der Waals surface area contributed by atoms with Crippen LogP contribution in [0.3, 0.4) is 0 Å². The molecule has 4 rings (SSSR count). The zero-order valence-corrected chi connectivity index (χ0v) is 24.2. The quantitative estimate of drug-likeness (QED) is 0.0657. The number of nitrogens with zero attached hydrogens (tertiary/aromatic N) is 2. The number of fused-ring (bicyclic) bond motifs is 1. The van der Waals surface area contributed by atoms with E-state index in [1.807, 2.05) is 18.2 Å². The molecule has 0 radical (unpaired) electrons. The van der Waals surface area contributed by atoms with Gasteiger partial charge in [0.25, 0.3) is 10.1 Å². The van der Waals surface area contributed by atoms with Crippen LogP contribution in [0.15, 0.2) is 100 Å². The van der Waals surface area contributed by atoms with Crippen molar-refractivity contribution in [1.29, 1.82) is 0 Å². The maximum absolute atomic E-state index is 11.4. The third-order valence-electron chi connectivity index (χ3n) is 7.39. The van der Waals surface area contributed by atoms with Gasteiger partial charge in [0.15, 0.2) is 0 Å². The van der Waals surface area contributed by atoms with Gasteiger partial charge in [0.05, 0.1) is 16.3 Å². The summed E-state index contributed by atoms with van der Waals surface area (Å²) >= 11 is 0. The Bertz CT molecular complexity index is 1500. The van der Waals surface area contributed by atoms with Gasteiger partial charge in [0.1, 0.15) is 0 Å². The summed E-state index contributed by atoms with van der Waals surface area (Å²) in [4.78, 5) is -0.162. The summed E-state index contributed by atoms with van der Waals surface area (Å²) < 4.78 is 32.1. The van der Waals surface area contributed by atoms with Crippen molar-refractivity contribution in [3.05, 3.63) is 90.5 Å². The monoisotopic (exact) mass is 580 g/mol. The number of rotatable bonds is 15. The third-order valence-corrected chi connectivity index (χ3v) is 8.26. The van der Waals surface area contributed by atoms with Crippen molar-refractivity contribution in [2.75, 3.05) is 0 Å². The Morgan fingerprint density at radius 3 is 1.90 bits per heavy atom. The van der Waals surface area contributed by atoms with E-state index in [-0.39, 0.29) is 34.5 Å². The molecule has 5 nitrogen and oxygen atoms in total. The Hall–Kier alpha value is -2.35. The number of hydrogen-bond acceptors (Lipinski definition) is 4. The van der Waals surface area contributed by atoms with Crippen LogP contribution in [0.2, 0.25) is 0 Å². The van der Waals surface area contributed by atoms with Crippen molar-refractivity contribution in [3.63, 3.8) is 0 Å². The summed E-state index contributed by atoms with van der Waals surface area (Å²) in [6.07, 6.45) is 13.8. The van der Waals surface area contributed by atoms with E-state index in [4.69, 9.17) is 5.11 Å². The second-order valence-electron chi connectivity index (χ2n) is 10.4. The molecular formula is C34H41N2NaO3S. The fraction of sp³-hybridized carbons (Fsp3) is 0.353. The summed E-state index contributed by atoms with van der Waals surface area (Å²) in [6.45, 7) is 2.26. The predicted octanol–water partition coefficient (Wildman–Crippen LogP) is 9.98. The Morgan fingerprint density at radius 2 is 1.27 bits per heavy atom. The molecule has 1 N–H and O–H groups in total. The van der Waals surface area contributed by atoms with Crippen molar-refractivity contribution in [2.24, 2.45) is 10.2 Å². The fourth-order valence-electron chi connectivity index (χ4n) is 5.20. The topological polar surface area (TPSA) is 79.1 Å². The molecule has 4 aromatic carbocycles. The van der Waals surface area contributed by atoms with Gasteiger partial charge in [-0.3, -0.25) is 4.55 Å². The molecule has 0 aromatic heterocycles. The van der Waals surface area contributed by atoms with Crippen LogP contribution >= 0.6 is 0 Å². The molecule has 0 aliphatic carbocycles. The standard InChI is InChI=1S/C34H40N2O3S.Na.H/c1-2-3-4-5-6-7-8-9-10-14-21-32-33(27-17-12-11-13-18-27)26-28-19-15-16-20-31(28)34(32)36-35-29-22-24-30(25-23-29)40(37,38)39;;/h11-13,15-20,22-26H,2-10,14,21H2,1H3,(H,37,38,39);;. The van der Waals surface area contributed by atoms with Crippen LogP contribution < -0.4 is 0 Å². The van der Waals surface area contributed by atoms with Crippen LogP contribution in [-0.4, -0.2) is 42.5 Å². The molecule has 0 fully saturated rings. The van der Waals surface area contributed by atoms with E-state index in [0.29, 0.717) is 5.69 Å². The molecule has 0 aliphatic heterocycles. The van der Waals surface area contributed by atoms with Gasteiger partial charge in [0, 0.05) is 5.39 Å².